The second kappa shape index (κ2) is 9.50. The number of nitrogens with zero attached hydrogens (tertiary/aromatic N) is 1. The van der Waals surface area contributed by atoms with Crippen molar-refractivity contribution < 1.29 is 41.0 Å². The van der Waals surface area contributed by atoms with Gasteiger partial charge in [0, 0.05) is 31.6 Å². The topological polar surface area (TPSA) is 67.9 Å². The molecule has 2 rings (SSSR count). The molecular weight excluding hydrogens is 439 g/mol. The van der Waals surface area contributed by atoms with Crippen LogP contribution in [0.15, 0.2) is 18.2 Å². The van der Waals surface area contributed by atoms with E-state index in [0.717, 1.165) is 19.2 Å². The number of alkyl halides is 5. The third-order valence-electron chi connectivity index (χ3n) is 5.10. The molecule has 0 saturated carbocycles. The zero-order valence-corrected chi connectivity index (χ0v) is 18.3. The fourth-order valence-corrected chi connectivity index (χ4v) is 3.39. The van der Waals surface area contributed by atoms with Gasteiger partial charge in [-0.1, -0.05) is 0 Å². The monoisotopic (exact) mass is 466 g/mol. The molecule has 1 aliphatic heterocycles. The van der Waals surface area contributed by atoms with Crippen molar-refractivity contribution >= 4 is 17.7 Å². The second-order valence-corrected chi connectivity index (χ2v) is 8.60. The second-order valence-electron chi connectivity index (χ2n) is 8.60. The molecule has 32 heavy (non-hydrogen) atoms. The largest absolute Gasteiger partial charge is 0.465 e. The van der Waals surface area contributed by atoms with Crippen molar-refractivity contribution in [2.75, 3.05) is 32.2 Å². The van der Waals surface area contributed by atoms with E-state index >= 15 is 4.39 Å². The van der Waals surface area contributed by atoms with E-state index in [1.165, 1.54) is 4.90 Å². The molecule has 1 amide bonds. The number of nitrogens with one attached hydrogen (secondary N) is 1. The number of methoxy groups -OCH3 is 1. The molecular formula is C21H27F5N2O4. The van der Waals surface area contributed by atoms with Crippen LogP contribution in [0.25, 0.3) is 0 Å². The number of carbonyl (C=O) groups excluding carboxylic acids is 2. The first-order valence-corrected chi connectivity index (χ1v) is 9.99. The Balaban J connectivity index is 2.23. The van der Waals surface area contributed by atoms with Crippen LogP contribution in [-0.4, -0.2) is 61.1 Å². The van der Waals surface area contributed by atoms with Crippen LogP contribution in [0.4, 0.5) is 32.4 Å². The number of piperidine rings is 1. The molecule has 1 saturated heterocycles. The van der Waals surface area contributed by atoms with Crippen LogP contribution >= 0.6 is 0 Å². The lowest BCUT2D eigenvalue weighted by Gasteiger charge is -2.41. The summed E-state index contributed by atoms with van der Waals surface area (Å²) >= 11 is 0. The van der Waals surface area contributed by atoms with Crippen molar-refractivity contribution in [3.8, 4) is 0 Å². The van der Waals surface area contributed by atoms with Crippen molar-refractivity contribution in [1.29, 1.82) is 0 Å². The Morgan fingerprint density at radius 2 is 1.78 bits per heavy atom. The molecule has 0 aromatic heterocycles. The summed E-state index contributed by atoms with van der Waals surface area (Å²) in [5.74, 6) is -0.890. The average molecular weight is 466 g/mol. The van der Waals surface area contributed by atoms with Gasteiger partial charge in [0.05, 0.1) is 24.3 Å². The van der Waals surface area contributed by atoms with Gasteiger partial charge in [0.15, 0.2) is 0 Å². The normalized spacial score (nSPS) is 17.5. The van der Waals surface area contributed by atoms with Gasteiger partial charge in [-0.2, -0.15) is 13.2 Å². The fourth-order valence-electron chi connectivity index (χ4n) is 3.39. The van der Waals surface area contributed by atoms with Crippen molar-refractivity contribution in [3.63, 3.8) is 0 Å². The molecule has 1 fully saturated rings. The third kappa shape index (κ3) is 6.23. The molecule has 180 valence electrons. The van der Waals surface area contributed by atoms with Gasteiger partial charge in [-0.3, -0.25) is 0 Å². The number of anilines is 1. The van der Waals surface area contributed by atoms with E-state index in [-0.39, 0.29) is 31.5 Å². The number of likely N-dealkylation sites (tertiary alicyclic amines) is 1. The summed E-state index contributed by atoms with van der Waals surface area (Å²) < 4.78 is 79.4. The van der Waals surface area contributed by atoms with E-state index in [4.69, 9.17) is 4.74 Å². The third-order valence-corrected chi connectivity index (χ3v) is 5.10. The predicted molar refractivity (Wildman–Crippen MR) is 107 cm³/mol. The highest BCUT2D eigenvalue weighted by atomic mass is 19.4. The van der Waals surface area contributed by atoms with Crippen LogP contribution in [0.2, 0.25) is 0 Å². The van der Waals surface area contributed by atoms with Crippen molar-refractivity contribution in [3.05, 3.63) is 29.3 Å². The van der Waals surface area contributed by atoms with Crippen LogP contribution in [0.3, 0.4) is 0 Å². The SMILES string of the molecule is COC(=O)c1ccc(C(F)(F)F)c(N[C@@H](CF)C2(F)CCN(C(=O)OC(C)(C)C)CC2)c1. The molecule has 6 nitrogen and oxygen atoms in total. The number of halogens is 5. The first-order chi connectivity index (χ1) is 14.7. The number of hydrogen-bond acceptors (Lipinski definition) is 5. The number of rotatable bonds is 5. The number of ether oxygens (including phenoxy) is 2. The molecule has 0 spiro atoms. The van der Waals surface area contributed by atoms with Crippen LogP contribution in [0, 0.1) is 0 Å². The lowest BCUT2D eigenvalue weighted by molar-refractivity contribution is -0.137. The van der Waals surface area contributed by atoms with Crippen LogP contribution in [0.5, 0.6) is 0 Å². The van der Waals surface area contributed by atoms with Gasteiger partial charge in [0.25, 0.3) is 0 Å². The summed E-state index contributed by atoms with van der Waals surface area (Å²) in [6.45, 7) is 3.56. The van der Waals surface area contributed by atoms with E-state index < -0.39 is 53.5 Å². The zero-order chi connectivity index (χ0) is 24.3. The van der Waals surface area contributed by atoms with Gasteiger partial charge < -0.3 is 19.7 Å². The Kier molecular flexibility index (Phi) is 7.62. The van der Waals surface area contributed by atoms with Gasteiger partial charge in [0.1, 0.15) is 17.9 Å². The molecule has 1 N–H and O–H groups in total. The van der Waals surface area contributed by atoms with E-state index in [2.05, 4.69) is 10.1 Å². The van der Waals surface area contributed by atoms with E-state index in [9.17, 15) is 27.2 Å². The Hall–Kier alpha value is -2.59. The van der Waals surface area contributed by atoms with Gasteiger partial charge in [-0.05, 0) is 39.0 Å². The van der Waals surface area contributed by atoms with E-state index in [1.807, 2.05) is 0 Å². The van der Waals surface area contributed by atoms with Gasteiger partial charge in [0.2, 0.25) is 0 Å². The van der Waals surface area contributed by atoms with Crippen LogP contribution in [0.1, 0.15) is 49.5 Å². The summed E-state index contributed by atoms with van der Waals surface area (Å²) in [7, 11) is 1.06. The summed E-state index contributed by atoms with van der Waals surface area (Å²) in [4.78, 5) is 25.2. The summed E-state index contributed by atoms with van der Waals surface area (Å²) in [6, 6.07) is 0.808. The van der Waals surface area contributed by atoms with Gasteiger partial charge in [-0.15, -0.1) is 0 Å². The first kappa shape index (κ1) is 25.7. The molecule has 1 atom stereocenters. The van der Waals surface area contributed by atoms with Crippen molar-refractivity contribution in [1.82, 2.24) is 4.90 Å². The minimum atomic E-state index is -4.82. The van der Waals surface area contributed by atoms with E-state index in [1.54, 1.807) is 20.8 Å². The maximum atomic E-state index is 15.6. The predicted octanol–water partition coefficient (Wildman–Crippen LogP) is 4.98. The molecule has 0 unspecified atom stereocenters. The standard InChI is InChI=1S/C21H27F5N2O4/c1-19(2,3)32-18(30)28-9-7-20(23,8-10-28)16(12-22)27-15-11-13(17(29)31-4)5-6-14(15)21(24,25)26/h5-6,11,16,27H,7-10,12H2,1-4H3/t16-/m0/s1. The quantitative estimate of drug-likeness (QED) is 0.490. The Morgan fingerprint density at radius 3 is 2.25 bits per heavy atom. The summed E-state index contributed by atoms with van der Waals surface area (Å²) in [6.07, 6.45) is -6.06. The molecule has 1 aliphatic rings. The highest BCUT2D eigenvalue weighted by molar-refractivity contribution is 5.90. The highest BCUT2D eigenvalue weighted by Crippen LogP contribution is 2.38. The van der Waals surface area contributed by atoms with Crippen molar-refractivity contribution in [2.45, 2.75) is 57.1 Å². The first-order valence-electron chi connectivity index (χ1n) is 9.99. The Bertz CT molecular complexity index is 830. The Morgan fingerprint density at radius 1 is 1.19 bits per heavy atom. The van der Waals surface area contributed by atoms with Crippen LogP contribution < -0.4 is 5.32 Å². The minimum absolute atomic E-state index is 0.0854. The number of hydrogen-bond donors (Lipinski definition) is 1. The number of esters is 1. The molecule has 0 radical (unpaired) electrons. The molecule has 1 aromatic carbocycles. The molecule has 0 aliphatic carbocycles. The summed E-state index contributed by atoms with van der Waals surface area (Å²) in [5, 5.41) is 2.30. The minimum Gasteiger partial charge on any atom is -0.465 e. The van der Waals surface area contributed by atoms with E-state index in [0.29, 0.717) is 6.07 Å². The Labute approximate surface area is 183 Å². The molecule has 1 heterocycles. The van der Waals surface area contributed by atoms with Crippen LogP contribution in [-0.2, 0) is 15.7 Å². The number of carbonyl (C=O) groups is 2. The number of amides is 1. The number of benzene rings is 1. The molecule has 0 bridgehead atoms. The summed E-state index contributed by atoms with van der Waals surface area (Å²) in [5.41, 5.74) is -4.97. The van der Waals surface area contributed by atoms with Gasteiger partial charge >= 0.3 is 18.2 Å². The molecule has 11 heteroatoms. The lowest BCUT2D eigenvalue weighted by atomic mass is 9.86. The maximum Gasteiger partial charge on any atom is 0.418 e. The average Bonchev–Trinajstić information content (AvgIpc) is 2.69. The van der Waals surface area contributed by atoms with Crippen molar-refractivity contribution in [2.24, 2.45) is 0 Å². The zero-order valence-electron chi connectivity index (χ0n) is 18.3. The maximum absolute atomic E-state index is 15.6. The highest BCUT2D eigenvalue weighted by Gasteiger charge is 2.45. The smallest absolute Gasteiger partial charge is 0.418 e. The molecule has 1 aromatic rings. The lowest BCUT2D eigenvalue weighted by Crippen LogP contribution is -2.54. The fraction of sp³-hybridized carbons (Fsp3) is 0.619. The van der Waals surface area contributed by atoms with Gasteiger partial charge in [-0.25, -0.2) is 18.4 Å².